The first kappa shape index (κ1) is 20.5. The van der Waals surface area contributed by atoms with Crippen molar-refractivity contribution in [2.45, 2.75) is 25.4 Å². The number of aromatic nitrogens is 1. The number of aromatic amines is 1. The monoisotopic (exact) mass is 478 g/mol. The van der Waals surface area contributed by atoms with Gasteiger partial charge >= 0.3 is 6.18 Å². The average molecular weight is 480 g/mol. The number of alkyl halides is 3. The highest BCUT2D eigenvalue weighted by molar-refractivity contribution is 9.10. The van der Waals surface area contributed by atoms with Gasteiger partial charge in [-0.05, 0) is 77.1 Å². The van der Waals surface area contributed by atoms with Gasteiger partial charge in [-0.15, -0.1) is 0 Å². The maximum Gasteiger partial charge on any atom is 0.417 e. The molecule has 0 bridgehead atoms. The van der Waals surface area contributed by atoms with Gasteiger partial charge < -0.3 is 10.7 Å². The number of nitrogens with two attached hydrogens (primary N) is 1. The van der Waals surface area contributed by atoms with Gasteiger partial charge in [0.05, 0.1) is 16.1 Å². The Balaban J connectivity index is 2.21. The van der Waals surface area contributed by atoms with E-state index >= 15 is 0 Å². The Hall–Kier alpha value is -1.21. The lowest BCUT2D eigenvalue weighted by Gasteiger charge is -2.12. The van der Waals surface area contributed by atoms with Crippen molar-refractivity contribution < 1.29 is 13.2 Å². The van der Waals surface area contributed by atoms with Crippen LogP contribution in [0.3, 0.4) is 0 Å². The SMILES string of the molecule is NCCCCc1c(-c2ccc(Cl)c(C(F)(F)F)c2)[nH]c2c(Br)cc(Cl)cc12. The zero-order valence-electron chi connectivity index (χ0n) is 14.1. The molecule has 1 aromatic heterocycles. The van der Waals surface area contributed by atoms with Crippen LogP contribution in [0.15, 0.2) is 34.8 Å². The smallest absolute Gasteiger partial charge is 0.353 e. The first-order chi connectivity index (χ1) is 12.7. The Morgan fingerprint density at radius 3 is 2.48 bits per heavy atom. The Labute approximate surface area is 173 Å². The fourth-order valence-electron chi connectivity index (χ4n) is 3.12. The molecule has 0 fully saturated rings. The van der Waals surface area contributed by atoms with E-state index in [1.807, 2.05) is 6.07 Å². The van der Waals surface area contributed by atoms with E-state index in [1.54, 1.807) is 12.1 Å². The van der Waals surface area contributed by atoms with Crippen LogP contribution in [0.2, 0.25) is 10.0 Å². The van der Waals surface area contributed by atoms with Crippen LogP contribution in [0.25, 0.3) is 22.2 Å². The molecule has 0 radical (unpaired) electrons. The average Bonchev–Trinajstić information content (AvgIpc) is 2.93. The van der Waals surface area contributed by atoms with E-state index in [0.717, 1.165) is 39.8 Å². The van der Waals surface area contributed by atoms with Crippen molar-refractivity contribution in [3.63, 3.8) is 0 Å². The Morgan fingerprint density at radius 2 is 1.81 bits per heavy atom. The summed E-state index contributed by atoms with van der Waals surface area (Å²) < 4.78 is 40.6. The van der Waals surface area contributed by atoms with Crippen molar-refractivity contribution in [2.75, 3.05) is 6.54 Å². The van der Waals surface area contributed by atoms with E-state index in [-0.39, 0.29) is 5.02 Å². The van der Waals surface area contributed by atoms with E-state index in [4.69, 9.17) is 28.9 Å². The minimum absolute atomic E-state index is 0.323. The minimum atomic E-state index is -4.53. The normalized spacial score (nSPS) is 12.1. The second kappa shape index (κ2) is 8.03. The van der Waals surface area contributed by atoms with Crippen molar-refractivity contribution in [2.24, 2.45) is 5.73 Å². The number of aryl methyl sites for hydroxylation is 1. The van der Waals surface area contributed by atoms with Crippen LogP contribution >= 0.6 is 39.1 Å². The van der Waals surface area contributed by atoms with Gasteiger partial charge in [-0.3, -0.25) is 0 Å². The molecule has 0 spiro atoms. The summed E-state index contributed by atoms with van der Waals surface area (Å²) in [4.78, 5) is 3.25. The first-order valence-electron chi connectivity index (χ1n) is 8.29. The highest BCUT2D eigenvalue weighted by atomic mass is 79.9. The fourth-order valence-corrected chi connectivity index (χ4v) is 4.26. The molecule has 0 unspecified atom stereocenters. The number of hydrogen-bond donors (Lipinski definition) is 2. The van der Waals surface area contributed by atoms with Gasteiger partial charge in [0, 0.05) is 20.6 Å². The van der Waals surface area contributed by atoms with E-state index < -0.39 is 11.7 Å². The molecule has 0 aliphatic rings. The molecule has 0 aliphatic carbocycles. The maximum absolute atomic E-state index is 13.3. The van der Waals surface area contributed by atoms with Crippen molar-refractivity contribution in [1.82, 2.24) is 4.98 Å². The van der Waals surface area contributed by atoms with Gasteiger partial charge in [-0.25, -0.2) is 0 Å². The lowest BCUT2D eigenvalue weighted by atomic mass is 9.99. The fraction of sp³-hybridized carbons (Fsp3) is 0.263. The van der Waals surface area contributed by atoms with E-state index in [9.17, 15) is 13.2 Å². The van der Waals surface area contributed by atoms with Crippen molar-refractivity contribution in [1.29, 1.82) is 0 Å². The minimum Gasteiger partial charge on any atom is -0.353 e. The van der Waals surface area contributed by atoms with Crippen molar-refractivity contribution in [3.8, 4) is 11.3 Å². The van der Waals surface area contributed by atoms with Crippen LogP contribution in [0.1, 0.15) is 24.0 Å². The molecule has 0 atom stereocenters. The molecule has 3 aromatic rings. The molecule has 0 saturated heterocycles. The summed E-state index contributed by atoms with van der Waals surface area (Å²) in [6.07, 6.45) is -2.21. The third-order valence-electron chi connectivity index (χ3n) is 4.37. The zero-order valence-corrected chi connectivity index (χ0v) is 17.2. The van der Waals surface area contributed by atoms with Gasteiger partial charge in [0.25, 0.3) is 0 Å². The molecule has 0 aliphatic heterocycles. The predicted molar refractivity (Wildman–Crippen MR) is 108 cm³/mol. The summed E-state index contributed by atoms with van der Waals surface area (Å²) >= 11 is 15.4. The lowest BCUT2D eigenvalue weighted by molar-refractivity contribution is -0.137. The molecule has 0 amide bonds. The molecule has 0 saturated carbocycles. The van der Waals surface area contributed by atoms with E-state index in [1.165, 1.54) is 6.07 Å². The second-order valence-electron chi connectivity index (χ2n) is 6.23. The summed E-state index contributed by atoms with van der Waals surface area (Å²) in [5.74, 6) is 0. The third-order valence-corrected chi connectivity index (χ3v) is 5.55. The molecule has 27 heavy (non-hydrogen) atoms. The van der Waals surface area contributed by atoms with Gasteiger partial charge in [-0.2, -0.15) is 13.2 Å². The van der Waals surface area contributed by atoms with Crippen molar-refractivity contribution >= 4 is 50.0 Å². The molecule has 144 valence electrons. The summed E-state index contributed by atoms with van der Waals surface area (Å²) in [7, 11) is 0. The third kappa shape index (κ3) is 4.29. The molecule has 2 nitrogen and oxygen atoms in total. The summed E-state index contributed by atoms with van der Waals surface area (Å²) in [6.45, 7) is 0.557. The Morgan fingerprint density at radius 1 is 1.07 bits per heavy atom. The summed E-state index contributed by atoms with van der Waals surface area (Å²) in [5.41, 5.74) is 7.49. The maximum atomic E-state index is 13.3. The molecule has 3 N–H and O–H groups in total. The van der Waals surface area contributed by atoms with Gasteiger partial charge in [0.2, 0.25) is 0 Å². The predicted octanol–water partition coefficient (Wildman–Crippen LogP) is 7.20. The zero-order chi connectivity index (χ0) is 19.8. The molecule has 2 aromatic carbocycles. The van der Waals surface area contributed by atoms with Crippen molar-refractivity contribution in [3.05, 3.63) is 56.0 Å². The van der Waals surface area contributed by atoms with Gasteiger partial charge in [0.1, 0.15) is 0 Å². The van der Waals surface area contributed by atoms with Crippen LogP contribution in [0.5, 0.6) is 0 Å². The van der Waals surface area contributed by atoms with Crippen LogP contribution in [0.4, 0.5) is 13.2 Å². The number of nitrogens with one attached hydrogen (secondary N) is 1. The topological polar surface area (TPSA) is 41.8 Å². The molecular weight excluding hydrogens is 464 g/mol. The number of hydrogen-bond acceptors (Lipinski definition) is 1. The largest absolute Gasteiger partial charge is 0.417 e. The summed E-state index contributed by atoms with van der Waals surface area (Å²) in [5, 5.41) is 1.10. The lowest BCUT2D eigenvalue weighted by Crippen LogP contribution is -2.06. The molecule has 3 rings (SSSR count). The quantitative estimate of drug-likeness (QED) is 0.373. The standard InChI is InChI=1S/C19H16BrCl2F3N2/c20-15-9-11(21)8-13-12(3-1-2-6-26)17(27-18(13)15)10-4-5-16(22)14(7-10)19(23,24)25/h4-5,7-9,27H,1-3,6,26H2. The highest BCUT2D eigenvalue weighted by Gasteiger charge is 2.33. The number of benzene rings is 2. The number of rotatable bonds is 5. The second-order valence-corrected chi connectivity index (χ2v) is 7.92. The van der Waals surface area contributed by atoms with Gasteiger partial charge in [0.15, 0.2) is 0 Å². The van der Waals surface area contributed by atoms with Crippen LogP contribution < -0.4 is 5.73 Å². The molecule has 8 heteroatoms. The Bertz CT molecular complexity index is 983. The van der Waals surface area contributed by atoms with E-state index in [0.29, 0.717) is 29.2 Å². The molecular formula is C19H16BrCl2F3N2. The summed E-state index contributed by atoms with van der Waals surface area (Å²) in [6, 6.07) is 7.51. The number of H-pyrrole nitrogens is 1. The van der Waals surface area contributed by atoms with Crippen LogP contribution in [-0.2, 0) is 12.6 Å². The Kier molecular flexibility index (Phi) is 6.11. The van der Waals surface area contributed by atoms with Crippen LogP contribution in [-0.4, -0.2) is 11.5 Å². The number of halogens is 6. The molecule has 1 heterocycles. The highest BCUT2D eigenvalue weighted by Crippen LogP contribution is 2.40. The van der Waals surface area contributed by atoms with Gasteiger partial charge in [-0.1, -0.05) is 29.3 Å². The van der Waals surface area contributed by atoms with E-state index in [2.05, 4.69) is 20.9 Å². The first-order valence-corrected chi connectivity index (χ1v) is 9.84. The number of unbranched alkanes of at least 4 members (excludes halogenated alkanes) is 1. The van der Waals surface area contributed by atoms with Crippen LogP contribution in [0, 0.1) is 0 Å². The number of fused-ring (bicyclic) bond motifs is 1.